The zero-order chi connectivity index (χ0) is 18.8. The molecule has 1 N–H and O–H groups in total. The lowest BCUT2D eigenvalue weighted by atomic mass is 10.2. The zero-order valence-corrected chi connectivity index (χ0v) is 15.3. The van der Waals surface area contributed by atoms with Crippen LogP contribution < -0.4 is 10.9 Å². The van der Waals surface area contributed by atoms with E-state index in [-0.39, 0.29) is 29.6 Å². The number of halogens is 1. The van der Waals surface area contributed by atoms with Gasteiger partial charge in [-0.25, -0.2) is 9.37 Å². The molecule has 1 aromatic heterocycles. The fourth-order valence-electron chi connectivity index (χ4n) is 2.80. The van der Waals surface area contributed by atoms with Crippen LogP contribution in [0, 0.1) is 5.82 Å². The molecule has 0 atom stereocenters. The number of para-hydroxylation sites is 1. The maximum Gasteiger partial charge on any atom is 0.262 e. The molecule has 1 amide bonds. The van der Waals surface area contributed by atoms with Gasteiger partial charge in [-0.15, -0.1) is 0 Å². The Morgan fingerprint density at radius 2 is 1.93 bits per heavy atom. The van der Waals surface area contributed by atoms with Gasteiger partial charge in [-0.3, -0.25) is 14.2 Å². The number of amides is 1. The predicted molar refractivity (Wildman–Crippen MR) is 103 cm³/mol. The average Bonchev–Trinajstić information content (AvgIpc) is 3.48. The van der Waals surface area contributed by atoms with Gasteiger partial charge in [0, 0.05) is 6.04 Å². The number of rotatable bonds is 6. The van der Waals surface area contributed by atoms with Gasteiger partial charge in [0.15, 0.2) is 5.16 Å². The van der Waals surface area contributed by atoms with E-state index in [1.165, 1.54) is 23.9 Å². The molecule has 138 valence electrons. The van der Waals surface area contributed by atoms with Crippen LogP contribution in [-0.4, -0.2) is 27.3 Å². The third kappa shape index (κ3) is 4.19. The van der Waals surface area contributed by atoms with Gasteiger partial charge < -0.3 is 5.32 Å². The van der Waals surface area contributed by atoms with Crippen molar-refractivity contribution in [1.82, 2.24) is 14.9 Å². The molecule has 1 heterocycles. The smallest absolute Gasteiger partial charge is 0.262 e. The van der Waals surface area contributed by atoms with Crippen LogP contribution in [0.5, 0.6) is 0 Å². The molecule has 4 rings (SSSR count). The van der Waals surface area contributed by atoms with E-state index < -0.39 is 0 Å². The first-order valence-electron chi connectivity index (χ1n) is 8.76. The molecule has 0 saturated heterocycles. The Morgan fingerprint density at radius 3 is 2.67 bits per heavy atom. The van der Waals surface area contributed by atoms with E-state index >= 15 is 0 Å². The van der Waals surface area contributed by atoms with Gasteiger partial charge in [0.1, 0.15) is 5.82 Å². The Labute approximate surface area is 159 Å². The number of hydrogen-bond acceptors (Lipinski definition) is 4. The Bertz CT molecular complexity index is 1050. The summed E-state index contributed by atoms with van der Waals surface area (Å²) < 4.78 is 14.7. The largest absolute Gasteiger partial charge is 0.353 e. The Hall–Kier alpha value is -2.67. The van der Waals surface area contributed by atoms with Crippen molar-refractivity contribution in [3.05, 3.63) is 70.3 Å². The number of carbonyl (C=O) groups excluding carboxylic acids is 1. The second-order valence-electron chi connectivity index (χ2n) is 6.56. The molecular weight excluding hydrogens is 365 g/mol. The minimum Gasteiger partial charge on any atom is -0.353 e. The molecule has 0 spiro atoms. The highest BCUT2D eigenvalue weighted by Gasteiger charge is 2.23. The molecule has 1 saturated carbocycles. The summed E-state index contributed by atoms with van der Waals surface area (Å²) in [5.74, 6) is -0.183. The van der Waals surface area contributed by atoms with Crippen LogP contribution in [0.25, 0.3) is 10.9 Å². The lowest BCUT2D eigenvalue weighted by Gasteiger charge is -2.13. The first kappa shape index (κ1) is 17.7. The van der Waals surface area contributed by atoms with Gasteiger partial charge in [0.2, 0.25) is 5.91 Å². The van der Waals surface area contributed by atoms with Gasteiger partial charge in [-0.05, 0) is 42.7 Å². The first-order chi connectivity index (χ1) is 13.1. The molecule has 0 aliphatic heterocycles. The SMILES string of the molecule is O=C(CSc1nc2ccccc2c(=O)n1Cc1ccc(F)cc1)NC1CC1. The van der Waals surface area contributed by atoms with Crippen molar-refractivity contribution in [2.75, 3.05) is 5.75 Å². The van der Waals surface area contributed by atoms with Crippen molar-refractivity contribution < 1.29 is 9.18 Å². The molecule has 2 aromatic carbocycles. The fourth-order valence-corrected chi connectivity index (χ4v) is 3.61. The van der Waals surface area contributed by atoms with Gasteiger partial charge >= 0.3 is 0 Å². The van der Waals surface area contributed by atoms with Crippen molar-refractivity contribution in [2.24, 2.45) is 0 Å². The molecule has 0 radical (unpaired) electrons. The predicted octanol–water partition coefficient (Wildman–Crippen LogP) is 2.95. The first-order valence-corrected chi connectivity index (χ1v) is 9.75. The van der Waals surface area contributed by atoms with E-state index in [2.05, 4.69) is 10.3 Å². The van der Waals surface area contributed by atoms with Crippen LogP contribution in [0.3, 0.4) is 0 Å². The number of nitrogens with one attached hydrogen (secondary N) is 1. The highest BCUT2D eigenvalue weighted by atomic mass is 32.2. The quantitative estimate of drug-likeness (QED) is 0.525. The van der Waals surface area contributed by atoms with E-state index in [1.807, 2.05) is 6.07 Å². The van der Waals surface area contributed by atoms with E-state index in [1.54, 1.807) is 34.9 Å². The van der Waals surface area contributed by atoms with Crippen molar-refractivity contribution in [1.29, 1.82) is 0 Å². The van der Waals surface area contributed by atoms with Crippen molar-refractivity contribution in [2.45, 2.75) is 30.6 Å². The maximum absolute atomic E-state index is 13.2. The maximum atomic E-state index is 13.2. The van der Waals surface area contributed by atoms with E-state index in [9.17, 15) is 14.0 Å². The second kappa shape index (κ2) is 7.52. The van der Waals surface area contributed by atoms with Gasteiger partial charge in [0.25, 0.3) is 5.56 Å². The van der Waals surface area contributed by atoms with E-state index in [4.69, 9.17) is 0 Å². The summed E-state index contributed by atoms with van der Waals surface area (Å²) in [6.45, 7) is 0.267. The number of hydrogen-bond donors (Lipinski definition) is 1. The standard InChI is InChI=1S/C20H18FN3O2S/c21-14-7-5-13(6-8-14)11-24-19(26)16-3-1-2-4-17(16)23-20(24)27-12-18(25)22-15-9-10-15/h1-8,15H,9-12H2,(H,22,25). The molecule has 27 heavy (non-hydrogen) atoms. The lowest BCUT2D eigenvalue weighted by Crippen LogP contribution is -2.28. The number of fused-ring (bicyclic) bond motifs is 1. The molecule has 1 aliphatic carbocycles. The monoisotopic (exact) mass is 383 g/mol. The molecule has 1 aliphatic rings. The Balaban J connectivity index is 1.67. The summed E-state index contributed by atoms with van der Waals surface area (Å²) in [5.41, 5.74) is 1.22. The number of benzene rings is 2. The number of carbonyl (C=O) groups is 1. The van der Waals surface area contributed by atoms with E-state index in [0.29, 0.717) is 22.1 Å². The average molecular weight is 383 g/mol. The highest BCUT2D eigenvalue weighted by molar-refractivity contribution is 7.99. The summed E-state index contributed by atoms with van der Waals surface area (Å²) >= 11 is 1.24. The molecule has 3 aromatic rings. The third-order valence-corrected chi connectivity index (χ3v) is 5.33. The number of nitrogens with zero attached hydrogens (tertiary/aromatic N) is 2. The number of thioether (sulfide) groups is 1. The molecular formula is C20H18FN3O2S. The minimum absolute atomic E-state index is 0.0572. The highest BCUT2D eigenvalue weighted by Crippen LogP contribution is 2.21. The summed E-state index contributed by atoms with van der Waals surface area (Å²) in [6.07, 6.45) is 2.06. The fraction of sp³-hybridized carbons (Fsp3) is 0.250. The van der Waals surface area contributed by atoms with Crippen LogP contribution in [-0.2, 0) is 11.3 Å². The normalized spacial score (nSPS) is 13.7. The molecule has 0 unspecified atom stereocenters. The topological polar surface area (TPSA) is 64.0 Å². The summed E-state index contributed by atoms with van der Waals surface area (Å²) in [4.78, 5) is 29.6. The van der Waals surface area contributed by atoms with E-state index in [0.717, 1.165) is 18.4 Å². The summed E-state index contributed by atoms with van der Waals surface area (Å²) in [5, 5.41) is 3.94. The minimum atomic E-state index is -0.325. The van der Waals surface area contributed by atoms with Crippen molar-refractivity contribution >= 4 is 28.6 Å². The molecule has 1 fully saturated rings. The molecule has 5 nitrogen and oxygen atoms in total. The van der Waals surface area contributed by atoms with Crippen LogP contribution in [0.1, 0.15) is 18.4 Å². The van der Waals surface area contributed by atoms with Gasteiger partial charge in [0.05, 0.1) is 23.2 Å². The zero-order valence-electron chi connectivity index (χ0n) is 14.5. The summed E-state index contributed by atoms with van der Waals surface area (Å²) in [6, 6.07) is 13.5. The third-order valence-electron chi connectivity index (χ3n) is 4.36. The molecule has 7 heteroatoms. The van der Waals surface area contributed by atoms with Crippen molar-refractivity contribution in [3.63, 3.8) is 0 Å². The van der Waals surface area contributed by atoms with Crippen molar-refractivity contribution in [3.8, 4) is 0 Å². The Kier molecular flexibility index (Phi) is 4.94. The van der Waals surface area contributed by atoms with Crippen LogP contribution in [0.4, 0.5) is 4.39 Å². The molecule has 0 bridgehead atoms. The number of aromatic nitrogens is 2. The van der Waals surface area contributed by atoms with Crippen LogP contribution >= 0.6 is 11.8 Å². The Morgan fingerprint density at radius 1 is 1.19 bits per heavy atom. The lowest BCUT2D eigenvalue weighted by molar-refractivity contribution is -0.118. The summed E-state index contributed by atoms with van der Waals surface area (Å²) in [7, 11) is 0. The van der Waals surface area contributed by atoms with Crippen LogP contribution in [0.2, 0.25) is 0 Å². The second-order valence-corrected chi connectivity index (χ2v) is 7.50. The van der Waals surface area contributed by atoms with Gasteiger partial charge in [-0.2, -0.15) is 0 Å². The van der Waals surface area contributed by atoms with Crippen LogP contribution in [0.15, 0.2) is 58.5 Å². The van der Waals surface area contributed by atoms with Gasteiger partial charge in [-0.1, -0.05) is 36.0 Å².